The molecule has 0 bridgehead atoms. The van der Waals surface area contributed by atoms with Gasteiger partial charge in [0.05, 0.1) is 0 Å². The lowest BCUT2D eigenvalue weighted by Crippen LogP contribution is -2.32. The summed E-state index contributed by atoms with van der Waals surface area (Å²) in [6.07, 6.45) is 4.36. The van der Waals surface area contributed by atoms with Crippen molar-refractivity contribution in [1.29, 1.82) is 0 Å². The number of benzene rings is 1. The van der Waals surface area contributed by atoms with Crippen LogP contribution in [-0.2, 0) is 11.2 Å². The van der Waals surface area contributed by atoms with E-state index in [-0.39, 0.29) is 0 Å². The molecule has 2 rings (SSSR count). The first-order valence-corrected chi connectivity index (χ1v) is 7.64. The van der Waals surface area contributed by atoms with Crippen molar-refractivity contribution in [2.24, 2.45) is 5.92 Å². The number of ether oxygens (including phenoxy) is 1. The van der Waals surface area contributed by atoms with Gasteiger partial charge in [-0.3, -0.25) is 0 Å². The van der Waals surface area contributed by atoms with Crippen molar-refractivity contribution in [3.63, 3.8) is 0 Å². The number of rotatable bonds is 5. The maximum absolute atomic E-state index is 6.24. The summed E-state index contributed by atoms with van der Waals surface area (Å²) in [5.74, 6) is 0.743. The molecule has 1 N–H and O–H groups in total. The first-order valence-electron chi connectivity index (χ1n) is 6.88. The lowest BCUT2D eigenvalue weighted by atomic mass is 9.90. The highest BCUT2D eigenvalue weighted by Gasteiger charge is 2.20. The molecule has 1 aliphatic heterocycles. The van der Waals surface area contributed by atoms with Crippen LogP contribution in [0.1, 0.15) is 24.8 Å². The summed E-state index contributed by atoms with van der Waals surface area (Å²) in [4.78, 5) is 0. The van der Waals surface area contributed by atoms with E-state index in [1.165, 1.54) is 0 Å². The van der Waals surface area contributed by atoms with E-state index in [0.717, 1.165) is 60.4 Å². The molecule has 1 aromatic carbocycles. The van der Waals surface area contributed by atoms with Crippen LogP contribution >= 0.6 is 23.2 Å². The van der Waals surface area contributed by atoms with Crippen LogP contribution in [-0.4, -0.2) is 26.3 Å². The molecule has 1 aliphatic rings. The van der Waals surface area contributed by atoms with Gasteiger partial charge in [0.1, 0.15) is 0 Å². The number of hydrogen-bond donors (Lipinski definition) is 1. The van der Waals surface area contributed by atoms with Crippen LogP contribution in [0.15, 0.2) is 18.2 Å². The second-order valence-electron chi connectivity index (χ2n) is 5.18. The molecule has 1 aromatic rings. The zero-order chi connectivity index (χ0) is 13.7. The fourth-order valence-corrected chi connectivity index (χ4v) is 3.21. The van der Waals surface area contributed by atoms with E-state index in [9.17, 15) is 0 Å². The molecule has 0 spiro atoms. The van der Waals surface area contributed by atoms with Crippen LogP contribution in [0.3, 0.4) is 0 Å². The topological polar surface area (TPSA) is 21.3 Å². The van der Waals surface area contributed by atoms with Crippen LogP contribution in [0.25, 0.3) is 0 Å². The molecule has 1 fully saturated rings. The van der Waals surface area contributed by atoms with Gasteiger partial charge in [-0.1, -0.05) is 29.3 Å². The summed E-state index contributed by atoms with van der Waals surface area (Å²) in [6.45, 7) is 1.79. The minimum absolute atomic E-state index is 0.417. The summed E-state index contributed by atoms with van der Waals surface area (Å²) in [7, 11) is 2.01. The van der Waals surface area contributed by atoms with E-state index >= 15 is 0 Å². The monoisotopic (exact) mass is 301 g/mol. The van der Waals surface area contributed by atoms with E-state index < -0.39 is 0 Å². The SMILES string of the molecule is CNC(Cc1c(Cl)cccc1Cl)CC1CCOCC1. The third-order valence-corrected chi connectivity index (χ3v) is 4.59. The van der Waals surface area contributed by atoms with Crippen molar-refractivity contribution in [3.8, 4) is 0 Å². The number of hydrogen-bond acceptors (Lipinski definition) is 2. The Labute approximate surface area is 125 Å². The normalized spacial score (nSPS) is 18.5. The van der Waals surface area contributed by atoms with Crippen molar-refractivity contribution in [2.75, 3.05) is 20.3 Å². The molecule has 0 aromatic heterocycles. The largest absolute Gasteiger partial charge is 0.381 e. The van der Waals surface area contributed by atoms with Gasteiger partial charge < -0.3 is 10.1 Å². The van der Waals surface area contributed by atoms with Crippen molar-refractivity contribution in [3.05, 3.63) is 33.8 Å². The molecular weight excluding hydrogens is 281 g/mol. The summed E-state index contributed by atoms with van der Waals surface area (Å²) >= 11 is 12.5. The Hall–Kier alpha value is -0.280. The standard InChI is InChI=1S/C15H21Cl2NO/c1-18-12(9-11-5-7-19-8-6-11)10-13-14(16)3-2-4-15(13)17/h2-4,11-12,18H,5-10H2,1H3. The van der Waals surface area contributed by atoms with Crippen LogP contribution in [0, 0.1) is 5.92 Å². The summed E-state index contributed by atoms with van der Waals surface area (Å²) in [6, 6.07) is 6.12. The average molecular weight is 302 g/mol. The molecule has 1 unspecified atom stereocenters. The molecule has 106 valence electrons. The highest BCUT2D eigenvalue weighted by atomic mass is 35.5. The van der Waals surface area contributed by atoms with Crippen LogP contribution < -0.4 is 5.32 Å². The lowest BCUT2D eigenvalue weighted by Gasteiger charge is -2.27. The van der Waals surface area contributed by atoms with E-state index in [1.54, 1.807) is 0 Å². The Morgan fingerprint density at radius 2 is 1.89 bits per heavy atom. The predicted molar refractivity (Wildman–Crippen MR) is 81.2 cm³/mol. The molecule has 0 saturated carbocycles. The average Bonchev–Trinajstić information content (AvgIpc) is 2.43. The molecule has 1 heterocycles. The van der Waals surface area contributed by atoms with E-state index in [1.807, 2.05) is 25.2 Å². The summed E-state index contributed by atoms with van der Waals surface area (Å²) in [5, 5.41) is 4.92. The molecule has 0 radical (unpaired) electrons. The van der Waals surface area contributed by atoms with Crippen molar-refractivity contribution in [1.82, 2.24) is 5.32 Å². The first kappa shape index (κ1) is 15.1. The Morgan fingerprint density at radius 3 is 2.47 bits per heavy atom. The Bertz CT molecular complexity index is 385. The van der Waals surface area contributed by atoms with E-state index in [2.05, 4.69) is 5.32 Å². The van der Waals surface area contributed by atoms with Gasteiger partial charge in [0.25, 0.3) is 0 Å². The molecular formula is C15H21Cl2NO. The number of nitrogens with one attached hydrogen (secondary N) is 1. The van der Waals surface area contributed by atoms with Crippen molar-refractivity contribution >= 4 is 23.2 Å². The Balaban J connectivity index is 1.98. The smallest absolute Gasteiger partial charge is 0.0468 e. The molecule has 1 atom stereocenters. The van der Waals surface area contributed by atoms with Gasteiger partial charge in [-0.05, 0) is 56.3 Å². The minimum Gasteiger partial charge on any atom is -0.381 e. The lowest BCUT2D eigenvalue weighted by molar-refractivity contribution is 0.0608. The van der Waals surface area contributed by atoms with Crippen molar-refractivity contribution < 1.29 is 4.74 Å². The van der Waals surface area contributed by atoms with Gasteiger partial charge >= 0.3 is 0 Å². The van der Waals surface area contributed by atoms with Gasteiger partial charge in [-0.25, -0.2) is 0 Å². The molecule has 4 heteroatoms. The summed E-state index contributed by atoms with van der Waals surface area (Å²) < 4.78 is 5.41. The van der Waals surface area contributed by atoms with Gasteiger partial charge in [-0.15, -0.1) is 0 Å². The second-order valence-corrected chi connectivity index (χ2v) is 6.00. The van der Waals surface area contributed by atoms with Crippen LogP contribution in [0.4, 0.5) is 0 Å². The predicted octanol–water partition coefficient (Wildman–Crippen LogP) is 3.94. The zero-order valence-electron chi connectivity index (χ0n) is 11.3. The van der Waals surface area contributed by atoms with Gasteiger partial charge in [0.15, 0.2) is 0 Å². The van der Waals surface area contributed by atoms with Crippen molar-refractivity contribution in [2.45, 2.75) is 31.7 Å². The molecule has 0 amide bonds. The van der Waals surface area contributed by atoms with E-state index in [4.69, 9.17) is 27.9 Å². The number of halogens is 2. The molecule has 0 aliphatic carbocycles. The van der Waals surface area contributed by atoms with Gasteiger partial charge in [0, 0.05) is 29.3 Å². The quantitative estimate of drug-likeness (QED) is 0.889. The molecule has 19 heavy (non-hydrogen) atoms. The van der Waals surface area contributed by atoms with Crippen LogP contribution in [0.2, 0.25) is 10.0 Å². The Morgan fingerprint density at radius 1 is 1.26 bits per heavy atom. The third-order valence-electron chi connectivity index (χ3n) is 3.88. The first-order chi connectivity index (χ1) is 9.20. The fraction of sp³-hybridized carbons (Fsp3) is 0.600. The Kier molecular flexibility index (Phi) is 5.96. The zero-order valence-corrected chi connectivity index (χ0v) is 12.8. The highest BCUT2D eigenvalue weighted by molar-refractivity contribution is 6.35. The fourth-order valence-electron chi connectivity index (χ4n) is 2.66. The second kappa shape index (κ2) is 7.49. The number of likely N-dealkylation sites (N-methyl/N-ethyl adjacent to an activating group) is 1. The molecule has 1 saturated heterocycles. The van der Waals surface area contributed by atoms with Crippen LogP contribution in [0.5, 0.6) is 0 Å². The molecule has 2 nitrogen and oxygen atoms in total. The van der Waals surface area contributed by atoms with Gasteiger partial charge in [0.2, 0.25) is 0 Å². The maximum Gasteiger partial charge on any atom is 0.0468 e. The van der Waals surface area contributed by atoms with E-state index in [0.29, 0.717) is 6.04 Å². The third kappa shape index (κ3) is 4.35. The minimum atomic E-state index is 0.417. The van der Waals surface area contributed by atoms with Gasteiger partial charge in [-0.2, -0.15) is 0 Å². The summed E-state index contributed by atoms with van der Waals surface area (Å²) in [5.41, 5.74) is 1.05. The maximum atomic E-state index is 6.24. The highest BCUT2D eigenvalue weighted by Crippen LogP contribution is 2.28.